The Hall–Kier alpha value is 0.910. The first-order valence-electron chi connectivity index (χ1n) is 4.14. The van der Waals surface area contributed by atoms with E-state index in [0.717, 1.165) is 12.8 Å². The minimum Gasteiger partial charge on any atom is -0.466 e. The normalized spacial score (nSPS) is 29.8. The zero-order valence-corrected chi connectivity index (χ0v) is 12.0. The first-order valence-corrected chi connectivity index (χ1v) is 6.51. The molecule has 1 fully saturated rings. The second-order valence-corrected chi connectivity index (χ2v) is 8.44. The van der Waals surface area contributed by atoms with E-state index >= 15 is 0 Å². The van der Waals surface area contributed by atoms with Crippen LogP contribution in [-0.4, -0.2) is 20.1 Å². The molecule has 76 valence electrons. The second kappa shape index (κ2) is 4.19. The van der Waals surface area contributed by atoms with Gasteiger partial charge in [-0.25, -0.2) is 0 Å². The van der Waals surface area contributed by atoms with Gasteiger partial charge in [0.1, 0.15) is 0 Å². The largest absolute Gasteiger partial charge is 0.466 e. The molecule has 0 aliphatic heterocycles. The van der Waals surface area contributed by atoms with Crippen LogP contribution in [0.3, 0.4) is 0 Å². The van der Waals surface area contributed by atoms with E-state index in [9.17, 15) is 4.79 Å². The zero-order chi connectivity index (χ0) is 10.1. The van der Waals surface area contributed by atoms with Crippen LogP contribution < -0.4 is 0 Å². The van der Waals surface area contributed by atoms with Gasteiger partial charge in [0.05, 0.1) is 14.2 Å². The number of rotatable bonds is 4. The van der Waals surface area contributed by atoms with Crippen LogP contribution in [-0.2, 0) is 9.53 Å². The Labute approximate surface area is 103 Å². The fourth-order valence-electron chi connectivity index (χ4n) is 1.11. The Balaban J connectivity index is 2.25. The summed E-state index contributed by atoms with van der Waals surface area (Å²) in [5, 5.41) is 0. The predicted molar refractivity (Wildman–Crippen MR) is 62.7 cm³/mol. The summed E-state index contributed by atoms with van der Waals surface area (Å²) < 4.78 is 4.84. The van der Waals surface area contributed by atoms with Crippen molar-refractivity contribution in [3.8, 4) is 0 Å². The van der Waals surface area contributed by atoms with Gasteiger partial charge in [-0.15, -0.1) is 0 Å². The van der Waals surface area contributed by atoms with Gasteiger partial charge in [0.2, 0.25) is 0 Å². The number of hydrogen-bond acceptors (Lipinski definition) is 2. The van der Waals surface area contributed by atoms with Crippen molar-refractivity contribution in [2.24, 2.45) is 0 Å². The Morgan fingerprint density at radius 3 is 2.38 bits per heavy atom. The van der Waals surface area contributed by atoms with Crippen molar-refractivity contribution in [3.05, 3.63) is 0 Å². The highest BCUT2D eigenvalue weighted by molar-refractivity contribution is 9.26. The molecule has 13 heavy (non-hydrogen) atoms. The van der Waals surface area contributed by atoms with Crippen LogP contribution in [0.2, 0.25) is 0 Å². The van der Waals surface area contributed by atoms with E-state index < -0.39 is 0 Å². The van der Waals surface area contributed by atoms with E-state index in [-0.39, 0.29) is 13.5 Å². The Morgan fingerprint density at radius 2 is 2.00 bits per heavy atom. The fourth-order valence-corrected chi connectivity index (χ4v) is 3.84. The number of halogens is 3. The highest BCUT2D eigenvalue weighted by Gasteiger charge is 2.63. The maximum Gasteiger partial charge on any atom is 0.305 e. The lowest BCUT2D eigenvalue weighted by atomic mass is 10.2. The van der Waals surface area contributed by atoms with Crippen LogP contribution in [0.4, 0.5) is 0 Å². The summed E-state index contributed by atoms with van der Waals surface area (Å²) >= 11 is 10.6. The fraction of sp³-hybridized carbons (Fsp3) is 0.875. The standard InChI is InChI=1S/C8H11Br3O2/c1-2-13-6(12)3-4-7(9)5-8(7,10)11/h2-5H2,1H3. The van der Waals surface area contributed by atoms with Crippen molar-refractivity contribution >= 4 is 53.8 Å². The number of hydrogen-bond donors (Lipinski definition) is 0. The van der Waals surface area contributed by atoms with Gasteiger partial charge in [-0.05, 0) is 19.8 Å². The summed E-state index contributed by atoms with van der Waals surface area (Å²) in [7, 11) is 0. The molecule has 0 heterocycles. The molecule has 0 bridgehead atoms. The molecule has 0 spiro atoms. The SMILES string of the molecule is CCOC(=O)CCC1(Br)CC1(Br)Br. The number of carbonyl (C=O) groups excluding carboxylic acids is 1. The van der Waals surface area contributed by atoms with Crippen LogP contribution >= 0.6 is 47.8 Å². The molecule has 0 radical (unpaired) electrons. The van der Waals surface area contributed by atoms with Gasteiger partial charge >= 0.3 is 5.97 Å². The van der Waals surface area contributed by atoms with Crippen molar-refractivity contribution in [3.63, 3.8) is 0 Å². The zero-order valence-electron chi connectivity index (χ0n) is 7.28. The summed E-state index contributed by atoms with van der Waals surface area (Å²) in [6.07, 6.45) is 2.25. The quantitative estimate of drug-likeness (QED) is 0.554. The maximum absolute atomic E-state index is 11.1. The number of ether oxygens (including phenoxy) is 1. The molecule has 0 aromatic heterocycles. The first-order chi connectivity index (χ1) is 5.91. The molecule has 1 aliphatic carbocycles. The molecular formula is C8H11Br3O2. The molecule has 1 rings (SSSR count). The lowest BCUT2D eigenvalue weighted by Gasteiger charge is -2.09. The minimum atomic E-state index is -0.121. The molecule has 0 amide bonds. The van der Waals surface area contributed by atoms with E-state index in [0.29, 0.717) is 13.0 Å². The summed E-state index contributed by atoms with van der Waals surface area (Å²) in [5.74, 6) is -0.121. The molecule has 0 aromatic rings. The predicted octanol–water partition coefficient (Wildman–Crippen LogP) is 3.35. The number of esters is 1. The summed E-state index contributed by atoms with van der Waals surface area (Å²) in [5.41, 5.74) is 0. The Morgan fingerprint density at radius 1 is 1.46 bits per heavy atom. The average Bonchev–Trinajstić information content (AvgIpc) is 2.49. The molecule has 0 N–H and O–H groups in total. The van der Waals surface area contributed by atoms with Gasteiger partial charge in [0, 0.05) is 6.42 Å². The lowest BCUT2D eigenvalue weighted by Crippen LogP contribution is -2.12. The van der Waals surface area contributed by atoms with Gasteiger partial charge < -0.3 is 4.74 Å². The van der Waals surface area contributed by atoms with Crippen molar-refractivity contribution in [2.75, 3.05) is 6.61 Å². The number of carbonyl (C=O) groups is 1. The number of alkyl halides is 3. The molecule has 1 atom stereocenters. The Kier molecular flexibility index (Phi) is 3.86. The minimum absolute atomic E-state index is 0.0206. The van der Waals surface area contributed by atoms with Gasteiger partial charge in [0.25, 0.3) is 0 Å². The van der Waals surface area contributed by atoms with Gasteiger partial charge in [-0.2, -0.15) is 0 Å². The van der Waals surface area contributed by atoms with Gasteiger partial charge in [0.15, 0.2) is 0 Å². The third-order valence-electron chi connectivity index (χ3n) is 2.06. The molecule has 5 heteroatoms. The van der Waals surface area contributed by atoms with Crippen molar-refractivity contribution in [2.45, 2.75) is 33.7 Å². The van der Waals surface area contributed by atoms with E-state index in [1.165, 1.54) is 0 Å². The second-order valence-electron chi connectivity index (χ2n) is 3.15. The smallest absolute Gasteiger partial charge is 0.305 e. The Bertz CT molecular complexity index is 217. The van der Waals surface area contributed by atoms with E-state index in [1.54, 1.807) is 0 Å². The van der Waals surface area contributed by atoms with Crippen LogP contribution in [0.5, 0.6) is 0 Å². The van der Waals surface area contributed by atoms with Crippen LogP contribution in [0.15, 0.2) is 0 Å². The summed E-state index contributed by atoms with van der Waals surface area (Å²) in [4.78, 5) is 11.1. The van der Waals surface area contributed by atoms with E-state index in [4.69, 9.17) is 4.74 Å². The van der Waals surface area contributed by atoms with Crippen LogP contribution in [0.1, 0.15) is 26.2 Å². The molecule has 0 aromatic carbocycles. The van der Waals surface area contributed by atoms with Gasteiger partial charge in [-0.1, -0.05) is 47.8 Å². The summed E-state index contributed by atoms with van der Waals surface area (Å²) in [6.45, 7) is 2.28. The lowest BCUT2D eigenvalue weighted by molar-refractivity contribution is -0.143. The molecule has 1 aliphatic rings. The first kappa shape index (κ1) is 12.0. The third-order valence-corrected chi connectivity index (χ3v) is 6.56. The van der Waals surface area contributed by atoms with E-state index in [2.05, 4.69) is 47.8 Å². The molecule has 1 unspecified atom stereocenters. The van der Waals surface area contributed by atoms with Gasteiger partial charge in [-0.3, -0.25) is 4.79 Å². The molecular weight excluding hydrogens is 368 g/mol. The van der Waals surface area contributed by atoms with E-state index in [1.807, 2.05) is 6.92 Å². The summed E-state index contributed by atoms with van der Waals surface area (Å²) in [6, 6.07) is 0. The highest BCUT2D eigenvalue weighted by Crippen LogP contribution is 2.67. The topological polar surface area (TPSA) is 26.3 Å². The van der Waals surface area contributed by atoms with Crippen LogP contribution in [0, 0.1) is 0 Å². The van der Waals surface area contributed by atoms with Crippen molar-refractivity contribution in [1.29, 1.82) is 0 Å². The maximum atomic E-state index is 11.1. The highest BCUT2D eigenvalue weighted by atomic mass is 79.9. The third kappa shape index (κ3) is 2.93. The monoisotopic (exact) mass is 376 g/mol. The van der Waals surface area contributed by atoms with Crippen molar-refractivity contribution < 1.29 is 9.53 Å². The van der Waals surface area contributed by atoms with Crippen molar-refractivity contribution in [1.82, 2.24) is 0 Å². The van der Waals surface area contributed by atoms with Crippen LogP contribution in [0.25, 0.3) is 0 Å². The average molecular weight is 379 g/mol. The molecule has 0 saturated heterocycles. The molecule has 1 saturated carbocycles. The molecule has 2 nitrogen and oxygen atoms in total.